The summed E-state index contributed by atoms with van der Waals surface area (Å²) in [7, 11) is 0. The number of rotatable bonds is 3. The first-order valence-electron chi connectivity index (χ1n) is 6.86. The lowest BCUT2D eigenvalue weighted by Crippen LogP contribution is -2.25. The van der Waals surface area contributed by atoms with E-state index in [1.165, 1.54) is 35.9 Å². The molecule has 6 nitrogen and oxygen atoms in total. The topological polar surface area (TPSA) is 77.7 Å². The molecule has 0 fully saturated rings. The third kappa shape index (κ3) is 2.87. The van der Waals surface area contributed by atoms with Gasteiger partial charge in [-0.3, -0.25) is 14.0 Å². The van der Waals surface area contributed by atoms with Gasteiger partial charge in [-0.05, 0) is 31.2 Å². The van der Waals surface area contributed by atoms with E-state index in [1.54, 1.807) is 30.3 Å². The molecule has 0 aliphatic rings. The van der Waals surface area contributed by atoms with Crippen LogP contribution < -0.4 is 10.3 Å². The molecule has 0 unspecified atom stereocenters. The molecule has 1 aromatic carbocycles. The van der Waals surface area contributed by atoms with Gasteiger partial charge in [-0.25, -0.2) is 9.78 Å². The van der Waals surface area contributed by atoms with E-state index in [0.29, 0.717) is 11.2 Å². The summed E-state index contributed by atoms with van der Waals surface area (Å²) < 4.78 is 6.44. The second kappa shape index (κ2) is 5.84. The molecule has 6 heteroatoms. The summed E-state index contributed by atoms with van der Waals surface area (Å²) in [5.74, 6) is -0.767. The molecule has 2 heterocycles. The van der Waals surface area contributed by atoms with E-state index in [0.717, 1.165) is 0 Å². The Kier molecular flexibility index (Phi) is 3.72. The predicted octanol–water partition coefficient (Wildman–Crippen LogP) is 2.12. The van der Waals surface area contributed by atoms with Gasteiger partial charge >= 0.3 is 5.97 Å². The summed E-state index contributed by atoms with van der Waals surface area (Å²) in [6, 6.07) is 11.3. The lowest BCUT2D eigenvalue weighted by atomic mass is 10.1. The summed E-state index contributed by atoms with van der Waals surface area (Å²) in [6.07, 6.45) is 2.71. The predicted molar refractivity (Wildman–Crippen MR) is 82.9 cm³/mol. The van der Waals surface area contributed by atoms with Crippen molar-refractivity contribution < 1.29 is 14.3 Å². The minimum Gasteiger partial charge on any atom is -0.423 e. The van der Waals surface area contributed by atoms with Crippen LogP contribution in [0.3, 0.4) is 0 Å². The molecular weight excluding hydrogens is 296 g/mol. The number of benzene rings is 1. The van der Waals surface area contributed by atoms with Crippen molar-refractivity contribution in [2.45, 2.75) is 6.92 Å². The van der Waals surface area contributed by atoms with Crippen molar-refractivity contribution in [3.63, 3.8) is 0 Å². The smallest absolute Gasteiger partial charge is 0.350 e. The zero-order valence-corrected chi connectivity index (χ0v) is 12.2. The summed E-state index contributed by atoms with van der Waals surface area (Å²) >= 11 is 0. The highest BCUT2D eigenvalue weighted by molar-refractivity contribution is 5.95. The molecule has 0 radical (unpaired) electrons. The van der Waals surface area contributed by atoms with Gasteiger partial charge in [0.1, 0.15) is 17.0 Å². The van der Waals surface area contributed by atoms with Crippen LogP contribution in [0.5, 0.6) is 5.75 Å². The van der Waals surface area contributed by atoms with Gasteiger partial charge in [0.05, 0.1) is 0 Å². The van der Waals surface area contributed by atoms with Gasteiger partial charge in [0.25, 0.3) is 5.56 Å². The number of hydrogen-bond donors (Lipinski definition) is 0. The van der Waals surface area contributed by atoms with Crippen molar-refractivity contribution in [3.8, 4) is 5.75 Å². The van der Waals surface area contributed by atoms with Gasteiger partial charge in [0, 0.05) is 18.0 Å². The SMILES string of the molecule is CC(=O)c1cccc(OC(=O)c2cnc3ccccn3c2=O)c1. The number of ketones is 1. The highest BCUT2D eigenvalue weighted by Gasteiger charge is 2.16. The Morgan fingerprint density at radius 2 is 1.96 bits per heavy atom. The molecule has 0 amide bonds. The van der Waals surface area contributed by atoms with Crippen LogP contribution in [0.1, 0.15) is 27.6 Å². The van der Waals surface area contributed by atoms with Gasteiger partial charge in [0.2, 0.25) is 0 Å². The second-order valence-electron chi connectivity index (χ2n) is 4.88. The first-order chi connectivity index (χ1) is 11.1. The van der Waals surface area contributed by atoms with E-state index < -0.39 is 11.5 Å². The van der Waals surface area contributed by atoms with Crippen LogP contribution in [0.25, 0.3) is 5.65 Å². The van der Waals surface area contributed by atoms with E-state index in [4.69, 9.17) is 4.74 Å². The average Bonchev–Trinajstić information content (AvgIpc) is 2.55. The molecular formula is C17H12N2O4. The van der Waals surface area contributed by atoms with Gasteiger partial charge < -0.3 is 4.74 Å². The van der Waals surface area contributed by atoms with Gasteiger partial charge in [0.15, 0.2) is 5.78 Å². The highest BCUT2D eigenvalue weighted by Crippen LogP contribution is 2.15. The molecule has 0 bridgehead atoms. The molecule has 23 heavy (non-hydrogen) atoms. The van der Waals surface area contributed by atoms with Crippen LogP contribution in [-0.2, 0) is 0 Å². The Morgan fingerprint density at radius 3 is 2.74 bits per heavy atom. The number of hydrogen-bond acceptors (Lipinski definition) is 5. The third-order valence-corrected chi connectivity index (χ3v) is 3.28. The lowest BCUT2D eigenvalue weighted by molar-refractivity contribution is 0.0731. The van der Waals surface area contributed by atoms with Crippen LogP contribution in [0.2, 0.25) is 0 Å². The third-order valence-electron chi connectivity index (χ3n) is 3.28. The summed E-state index contributed by atoms with van der Waals surface area (Å²) in [5.41, 5.74) is 0.168. The van der Waals surface area contributed by atoms with E-state index in [9.17, 15) is 14.4 Å². The number of aromatic nitrogens is 2. The van der Waals surface area contributed by atoms with Crippen molar-refractivity contribution in [3.05, 3.63) is 76.3 Å². The van der Waals surface area contributed by atoms with E-state index in [1.807, 2.05) is 0 Å². The molecule has 0 aliphatic heterocycles. The zero-order valence-electron chi connectivity index (χ0n) is 12.2. The fourth-order valence-corrected chi connectivity index (χ4v) is 2.11. The lowest BCUT2D eigenvalue weighted by Gasteiger charge is -2.06. The van der Waals surface area contributed by atoms with Crippen molar-refractivity contribution in [1.82, 2.24) is 9.38 Å². The Bertz CT molecular complexity index is 975. The largest absolute Gasteiger partial charge is 0.423 e. The Hall–Kier alpha value is -3.28. The minimum atomic E-state index is -0.818. The molecule has 3 rings (SSSR count). The number of pyridine rings is 1. The van der Waals surface area contributed by atoms with E-state index in [2.05, 4.69) is 4.98 Å². The minimum absolute atomic E-state index is 0.143. The second-order valence-corrected chi connectivity index (χ2v) is 4.88. The quantitative estimate of drug-likeness (QED) is 0.421. The molecule has 3 aromatic rings. The van der Waals surface area contributed by atoms with Gasteiger partial charge in [-0.2, -0.15) is 0 Å². The maximum Gasteiger partial charge on any atom is 0.350 e. The van der Waals surface area contributed by atoms with Crippen LogP contribution in [0.4, 0.5) is 0 Å². The summed E-state index contributed by atoms with van der Waals surface area (Å²) in [4.78, 5) is 39.9. The van der Waals surface area contributed by atoms with Crippen molar-refractivity contribution in [2.24, 2.45) is 0 Å². The number of nitrogens with zero attached hydrogens (tertiary/aromatic N) is 2. The first kappa shape index (κ1) is 14.6. The highest BCUT2D eigenvalue weighted by atomic mass is 16.5. The van der Waals surface area contributed by atoms with Crippen LogP contribution in [0, 0.1) is 0 Å². The maximum absolute atomic E-state index is 12.3. The monoisotopic (exact) mass is 308 g/mol. The standard InChI is InChI=1S/C17H12N2O4/c1-11(20)12-5-4-6-13(9-12)23-17(22)14-10-18-15-7-2-3-8-19(15)16(14)21/h2-10H,1H3. The molecule has 0 aliphatic carbocycles. The number of esters is 1. The average molecular weight is 308 g/mol. The molecule has 0 spiro atoms. The Morgan fingerprint density at radius 1 is 1.13 bits per heavy atom. The summed E-state index contributed by atoms with van der Waals surface area (Å²) in [5, 5.41) is 0. The van der Waals surface area contributed by atoms with Crippen LogP contribution >= 0.6 is 0 Å². The van der Waals surface area contributed by atoms with Crippen molar-refractivity contribution in [1.29, 1.82) is 0 Å². The number of fused-ring (bicyclic) bond motifs is 1. The number of ether oxygens (including phenoxy) is 1. The fourth-order valence-electron chi connectivity index (χ4n) is 2.11. The van der Waals surface area contributed by atoms with Crippen LogP contribution in [-0.4, -0.2) is 21.1 Å². The molecule has 0 saturated carbocycles. The molecule has 114 valence electrons. The summed E-state index contributed by atoms with van der Waals surface area (Å²) in [6.45, 7) is 1.42. The van der Waals surface area contributed by atoms with Crippen LogP contribution in [0.15, 0.2) is 59.7 Å². The molecule has 0 saturated heterocycles. The normalized spacial score (nSPS) is 10.5. The molecule has 0 N–H and O–H groups in total. The Balaban J connectivity index is 1.95. The Labute approximate surface area is 131 Å². The van der Waals surface area contributed by atoms with E-state index in [-0.39, 0.29) is 17.1 Å². The number of Topliss-reactive ketones (excluding diaryl/α,β-unsaturated/α-hetero) is 1. The molecule has 0 atom stereocenters. The van der Waals surface area contributed by atoms with Gasteiger partial charge in [-0.15, -0.1) is 0 Å². The van der Waals surface area contributed by atoms with Crippen molar-refractivity contribution in [2.75, 3.05) is 0 Å². The fraction of sp³-hybridized carbons (Fsp3) is 0.0588. The maximum atomic E-state index is 12.3. The van der Waals surface area contributed by atoms with Crippen molar-refractivity contribution >= 4 is 17.4 Å². The molecule has 2 aromatic heterocycles. The van der Waals surface area contributed by atoms with E-state index >= 15 is 0 Å². The number of carbonyl (C=O) groups excluding carboxylic acids is 2. The van der Waals surface area contributed by atoms with Gasteiger partial charge in [-0.1, -0.05) is 18.2 Å². The number of carbonyl (C=O) groups is 2. The first-order valence-corrected chi connectivity index (χ1v) is 6.86. The zero-order chi connectivity index (χ0) is 16.4.